The Bertz CT molecular complexity index is 531. The predicted octanol–water partition coefficient (Wildman–Crippen LogP) is 1.36. The summed E-state index contributed by atoms with van der Waals surface area (Å²) in [5.74, 6) is 1.01. The van der Waals surface area contributed by atoms with Crippen LogP contribution >= 0.6 is 0 Å². The average Bonchev–Trinajstić information content (AvgIpc) is 2.39. The van der Waals surface area contributed by atoms with Gasteiger partial charge < -0.3 is 15.1 Å². The molecule has 2 aliphatic rings. The molecule has 0 spiro atoms. The number of aromatic nitrogens is 2. The number of alkyl halides is 3. The predicted molar refractivity (Wildman–Crippen MR) is 73.5 cm³/mol. The normalized spacial score (nSPS) is 25.3. The number of hydrogen-bond acceptors (Lipinski definition) is 5. The average molecular weight is 301 g/mol. The molecular weight excluding hydrogens is 283 g/mol. The summed E-state index contributed by atoms with van der Waals surface area (Å²) >= 11 is 0. The molecular formula is C13H18F3N5. The third-order valence-electron chi connectivity index (χ3n) is 4.11. The summed E-state index contributed by atoms with van der Waals surface area (Å²) in [6.07, 6.45) is -3.39. The first kappa shape index (κ1) is 14.4. The monoisotopic (exact) mass is 301 g/mol. The lowest BCUT2D eigenvalue weighted by Crippen LogP contribution is -2.64. The highest BCUT2D eigenvalue weighted by molar-refractivity contribution is 5.50. The highest BCUT2D eigenvalue weighted by atomic mass is 19.4. The van der Waals surface area contributed by atoms with E-state index in [9.17, 15) is 13.2 Å². The molecule has 0 radical (unpaired) electrons. The van der Waals surface area contributed by atoms with Gasteiger partial charge in [-0.05, 0) is 18.9 Å². The second-order valence-electron chi connectivity index (χ2n) is 5.78. The number of fused-ring (bicyclic) bond motifs is 1. The summed E-state index contributed by atoms with van der Waals surface area (Å²) in [6, 6.07) is 1.29. The summed E-state index contributed by atoms with van der Waals surface area (Å²) in [6.45, 7) is 2.55. The van der Waals surface area contributed by atoms with Gasteiger partial charge in [0.25, 0.3) is 0 Å². The molecule has 1 aromatic rings. The molecule has 8 heteroatoms. The first-order valence-corrected chi connectivity index (χ1v) is 6.97. The SMILES string of the molecule is CN(C)c1nc(N2C[C@@H]3CCNC[C@@H]32)cc(C(F)(F)F)n1. The lowest BCUT2D eigenvalue weighted by molar-refractivity contribution is -0.141. The standard InChI is InChI=1S/C13H18F3N5/c1-20(2)12-18-10(13(14,15)16)5-11(19-12)21-7-8-3-4-17-6-9(8)21/h5,8-9,17H,3-4,6-7H2,1-2H3/t8-,9-/m0/s1. The smallest absolute Gasteiger partial charge is 0.351 e. The summed E-state index contributed by atoms with van der Waals surface area (Å²) in [5, 5.41) is 3.28. The van der Waals surface area contributed by atoms with Crippen molar-refractivity contribution >= 4 is 11.8 Å². The fourth-order valence-corrected chi connectivity index (χ4v) is 2.90. The van der Waals surface area contributed by atoms with Crippen molar-refractivity contribution < 1.29 is 13.2 Å². The summed E-state index contributed by atoms with van der Waals surface area (Å²) in [4.78, 5) is 11.3. The molecule has 1 aromatic heterocycles. The van der Waals surface area contributed by atoms with Gasteiger partial charge in [-0.25, -0.2) is 4.98 Å². The highest BCUT2D eigenvalue weighted by Gasteiger charge is 2.42. The maximum absolute atomic E-state index is 13.0. The van der Waals surface area contributed by atoms with Crippen LogP contribution in [0.15, 0.2) is 6.07 Å². The molecule has 2 fully saturated rings. The summed E-state index contributed by atoms with van der Waals surface area (Å²) < 4.78 is 39.0. The van der Waals surface area contributed by atoms with Gasteiger partial charge in [-0.1, -0.05) is 0 Å². The Hall–Kier alpha value is -1.57. The number of rotatable bonds is 2. The molecule has 2 aliphatic heterocycles. The van der Waals surface area contributed by atoms with Gasteiger partial charge in [-0.2, -0.15) is 18.2 Å². The lowest BCUT2D eigenvalue weighted by atomic mass is 9.83. The topological polar surface area (TPSA) is 44.3 Å². The minimum Gasteiger partial charge on any atom is -0.351 e. The van der Waals surface area contributed by atoms with Crippen LogP contribution in [-0.4, -0.2) is 49.7 Å². The number of nitrogens with zero attached hydrogens (tertiary/aromatic N) is 4. The zero-order valence-electron chi connectivity index (χ0n) is 12.0. The van der Waals surface area contributed by atoms with Gasteiger partial charge in [0.1, 0.15) is 5.82 Å². The third kappa shape index (κ3) is 2.64. The van der Waals surface area contributed by atoms with E-state index >= 15 is 0 Å². The van der Waals surface area contributed by atoms with Gasteiger partial charge in [0.05, 0.1) is 0 Å². The molecule has 0 amide bonds. The number of halogens is 3. The molecule has 3 rings (SSSR count). The van der Waals surface area contributed by atoms with Crippen molar-refractivity contribution in [3.8, 4) is 0 Å². The van der Waals surface area contributed by atoms with Crippen LogP contribution in [0, 0.1) is 5.92 Å². The van der Waals surface area contributed by atoms with E-state index < -0.39 is 11.9 Å². The molecule has 0 saturated carbocycles. The molecule has 0 aromatic carbocycles. The van der Waals surface area contributed by atoms with Crippen molar-refractivity contribution in [2.24, 2.45) is 5.92 Å². The largest absolute Gasteiger partial charge is 0.433 e. The molecule has 5 nitrogen and oxygen atoms in total. The van der Waals surface area contributed by atoms with E-state index in [1.807, 2.05) is 4.90 Å². The fraction of sp³-hybridized carbons (Fsp3) is 0.692. The Labute approximate surface area is 121 Å². The van der Waals surface area contributed by atoms with Gasteiger partial charge >= 0.3 is 6.18 Å². The third-order valence-corrected chi connectivity index (χ3v) is 4.11. The van der Waals surface area contributed by atoms with E-state index in [2.05, 4.69) is 15.3 Å². The minimum atomic E-state index is -4.46. The van der Waals surface area contributed by atoms with E-state index in [4.69, 9.17) is 0 Å². The molecule has 3 heterocycles. The van der Waals surface area contributed by atoms with Crippen molar-refractivity contribution in [1.82, 2.24) is 15.3 Å². The molecule has 116 valence electrons. The van der Waals surface area contributed by atoms with E-state index in [-0.39, 0.29) is 12.0 Å². The first-order chi connectivity index (χ1) is 9.86. The maximum Gasteiger partial charge on any atom is 0.433 e. The number of anilines is 2. The molecule has 2 saturated heterocycles. The number of piperidine rings is 1. The Morgan fingerprint density at radius 2 is 2.10 bits per heavy atom. The van der Waals surface area contributed by atoms with Gasteiger partial charge in [-0.15, -0.1) is 0 Å². The Morgan fingerprint density at radius 1 is 1.33 bits per heavy atom. The van der Waals surface area contributed by atoms with Crippen LogP contribution in [0.3, 0.4) is 0 Å². The zero-order valence-corrected chi connectivity index (χ0v) is 12.0. The van der Waals surface area contributed by atoms with Crippen LogP contribution in [0.5, 0.6) is 0 Å². The van der Waals surface area contributed by atoms with E-state index in [0.29, 0.717) is 11.7 Å². The van der Waals surface area contributed by atoms with Gasteiger partial charge in [0.2, 0.25) is 5.95 Å². The van der Waals surface area contributed by atoms with E-state index in [1.54, 1.807) is 14.1 Å². The van der Waals surface area contributed by atoms with Crippen LogP contribution in [0.1, 0.15) is 12.1 Å². The Kier molecular flexibility index (Phi) is 3.43. The first-order valence-electron chi connectivity index (χ1n) is 6.97. The number of hydrogen-bond donors (Lipinski definition) is 1. The van der Waals surface area contributed by atoms with Gasteiger partial charge in [0.15, 0.2) is 5.69 Å². The van der Waals surface area contributed by atoms with Gasteiger partial charge in [-0.3, -0.25) is 0 Å². The van der Waals surface area contributed by atoms with Crippen LogP contribution in [0.4, 0.5) is 24.9 Å². The van der Waals surface area contributed by atoms with E-state index in [0.717, 1.165) is 32.1 Å². The van der Waals surface area contributed by atoms with Crippen molar-refractivity contribution in [2.45, 2.75) is 18.6 Å². The van der Waals surface area contributed by atoms with Crippen molar-refractivity contribution in [2.75, 3.05) is 43.5 Å². The number of nitrogens with one attached hydrogen (secondary N) is 1. The maximum atomic E-state index is 13.0. The molecule has 0 unspecified atom stereocenters. The Balaban J connectivity index is 1.92. The molecule has 2 atom stereocenters. The quantitative estimate of drug-likeness (QED) is 0.893. The van der Waals surface area contributed by atoms with Crippen molar-refractivity contribution in [1.29, 1.82) is 0 Å². The second kappa shape index (κ2) is 5.01. The second-order valence-corrected chi connectivity index (χ2v) is 5.78. The van der Waals surface area contributed by atoms with Crippen molar-refractivity contribution in [3.05, 3.63) is 11.8 Å². The fourth-order valence-electron chi connectivity index (χ4n) is 2.90. The van der Waals surface area contributed by atoms with Crippen LogP contribution in [0.2, 0.25) is 0 Å². The molecule has 21 heavy (non-hydrogen) atoms. The Morgan fingerprint density at radius 3 is 2.71 bits per heavy atom. The summed E-state index contributed by atoms with van der Waals surface area (Å²) in [5.41, 5.74) is -0.886. The highest BCUT2D eigenvalue weighted by Crippen LogP contribution is 2.36. The minimum absolute atomic E-state index is 0.0899. The zero-order chi connectivity index (χ0) is 15.2. The van der Waals surface area contributed by atoms with Crippen LogP contribution < -0.4 is 15.1 Å². The molecule has 0 aliphatic carbocycles. The van der Waals surface area contributed by atoms with Crippen LogP contribution in [0.25, 0.3) is 0 Å². The molecule has 0 bridgehead atoms. The van der Waals surface area contributed by atoms with Crippen LogP contribution in [-0.2, 0) is 6.18 Å². The van der Waals surface area contributed by atoms with Crippen molar-refractivity contribution in [3.63, 3.8) is 0 Å². The lowest BCUT2D eigenvalue weighted by Gasteiger charge is -2.51. The van der Waals surface area contributed by atoms with E-state index in [1.165, 1.54) is 4.90 Å². The summed E-state index contributed by atoms with van der Waals surface area (Å²) in [7, 11) is 3.28. The van der Waals surface area contributed by atoms with Gasteiger partial charge in [0, 0.05) is 39.3 Å². The molecule has 1 N–H and O–H groups in total.